The van der Waals surface area contributed by atoms with E-state index in [0.717, 1.165) is 0 Å². The Morgan fingerprint density at radius 1 is 1.44 bits per heavy atom. The van der Waals surface area contributed by atoms with Gasteiger partial charge >= 0.3 is 0 Å². The molecule has 1 fully saturated rings. The average molecular weight is 291 g/mol. The van der Waals surface area contributed by atoms with Crippen molar-refractivity contribution in [2.75, 3.05) is 12.5 Å². The number of rotatable bonds is 4. The summed E-state index contributed by atoms with van der Waals surface area (Å²) in [6, 6.07) is 0. The molecule has 0 radical (unpaired) electrons. The Hall–Kier alpha value is -1.27. The van der Waals surface area contributed by atoms with Gasteiger partial charge in [-0.3, -0.25) is 15.6 Å². The minimum absolute atomic E-state index is 0.279. The molecular formula is C10H12Cl2N4O2. The molecule has 1 amide bonds. The molecule has 0 bridgehead atoms. The number of halogens is 2. The molecule has 2 rings (SSSR count). The number of nitrogens with one attached hydrogen (secondary N) is 2. The van der Waals surface area contributed by atoms with Gasteiger partial charge in [-0.25, -0.2) is 9.97 Å². The Morgan fingerprint density at radius 3 is 2.61 bits per heavy atom. The van der Waals surface area contributed by atoms with Gasteiger partial charge in [0.15, 0.2) is 0 Å². The van der Waals surface area contributed by atoms with E-state index in [4.69, 9.17) is 27.9 Å². The summed E-state index contributed by atoms with van der Waals surface area (Å²) in [6.07, 6.45) is 3.37. The molecule has 18 heavy (non-hydrogen) atoms. The van der Waals surface area contributed by atoms with Crippen LogP contribution >= 0.6 is 23.2 Å². The number of nitrogens with zero attached hydrogens (tertiary/aromatic N) is 2. The summed E-state index contributed by atoms with van der Waals surface area (Å²) in [5.74, 6) is 0.286. The molecule has 0 aliphatic heterocycles. The topological polar surface area (TPSA) is 76.1 Å². The first-order valence-corrected chi connectivity index (χ1v) is 5.95. The number of hydrogen-bond acceptors (Lipinski definition) is 5. The fraction of sp³-hybridized carbons (Fsp3) is 0.500. The molecule has 1 aliphatic rings. The second-order valence-corrected chi connectivity index (χ2v) is 5.69. The summed E-state index contributed by atoms with van der Waals surface area (Å²) in [4.78, 5) is 19.8. The van der Waals surface area contributed by atoms with Crippen molar-refractivity contribution in [3.63, 3.8) is 0 Å². The fourth-order valence-electron chi connectivity index (χ4n) is 1.46. The summed E-state index contributed by atoms with van der Waals surface area (Å²) in [7, 11) is 1.46. The van der Waals surface area contributed by atoms with Crippen LogP contribution in [0.4, 0.5) is 5.82 Å². The first-order valence-electron chi connectivity index (χ1n) is 5.20. The standard InChI is InChI=1S/C10H12Cl2N4O2/c1-9(5-10(9,11)12)8(17)16-15-6-7(18-2)14-4-3-13-6/h3-4H,5H2,1-2H3,(H,13,15)(H,16,17)/t9-/m0/s1. The fourth-order valence-corrected chi connectivity index (χ4v) is 2.17. The van der Waals surface area contributed by atoms with Crippen LogP contribution in [-0.4, -0.2) is 27.3 Å². The zero-order valence-corrected chi connectivity index (χ0v) is 11.3. The van der Waals surface area contributed by atoms with E-state index in [1.54, 1.807) is 6.92 Å². The molecule has 1 atom stereocenters. The average Bonchev–Trinajstić information content (AvgIpc) is 2.87. The molecule has 98 valence electrons. The van der Waals surface area contributed by atoms with Gasteiger partial charge in [-0.05, 0) is 13.3 Å². The van der Waals surface area contributed by atoms with Crippen molar-refractivity contribution in [3.8, 4) is 5.88 Å². The third-order valence-electron chi connectivity index (χ3n) is 2.91. The highest BCUT2D eigenvalue weighted by molar-refractivity contribution is 6.53. The van der Waals surface area contributed by atoms with Gasteiger partial charge in [0.1, 0.15) is 4.33 Å². The van der Waals surface area contributed by atoms with Gasteiger partial charge in [-0.1, -0.05) is 0 Å². The summed E-state index contributed by atoms with van der Waals surface area (Å²) >= 11 is 11.8. The van der Waals surface area contributed by atoms with Crippen LogP contribution in [0.1, 0.15) is 13.3 Å². The van der Waals surface area contributed by atoms with Crippen LogP contribution < -0.4 is 15.6 Å². The van der Waals surface area contributed by atoms with E-state index in [9.17, 15) is 4.79 Å². The van der Waals surface area contributed by atoms with Gasteiger partial charge in [0.25, 0.3) is 5.88 Å². The predicted octanol–water partition coefficient (Wildman–Crippen LogP) is 1.51. The minimum atomic E-state index is -1.01. The van der Waals surface area contributed by atoms with Gasteiger partial charge in [0, 0.05) is 12.4 Å². The number of hydrazine groups is 1. The van der Waals surface area contributed by atoms with Crippen LogP contribution in [-0.2, 0) is 4.79 Å². The third kappa shape index (κ3) is 2.18. The van der Waals surface area contributed by atoms with Crippen molar-refractivity contribution < 1.29 is 9.53 Å². The summed E-state index contributed by atoms with van der Waals surface area (Å²) in [6.45, 7) is 1.69. The molecule has 0 spiro atoms. The number of hydrogen-bond donors (Lipinski definition) is 2. The molecule has 1 heterocycles. The van der Waals surface area contributed by atoms with E-state index >= 15 is 0 Å². The van der Waals surface area contributed by atoms with Gasteiger partial charge in [-0.2, -0.15) is 0 Å². The molecule has 6 nitrogen and oxygen atoms in total. The first kappa shape index (κ1) is 13.2. The molecule has 0 aromatic carbocycles. The third-order valence-corrected chi connectivity index (χ3v) is 4.01. The number of aromatic nitrogens is 2. The second-order valence-electron chi connectivity index (χ2n) is 4.21. The molecule has 0 unspecified atom stereocenters. The van der Waals surface area contributed by atoms with Crippen molar-refractivity contribution in [1.29, 1.82) is 0 Å². The maximum atomic E-state index is 11.9. The number of carbonyl (C=O) groups is 1. The zero-order chi connectivity index (χ0) is 13.4. The van der Waals surface area contributed by atoms with Crippen molar-refractivity contribution >= 4 is 34.9 Å². The highest BCUT2D eigenvalue weighted by atomic mass is 35.5. The van der Waals surface area contributed by atoms with E-state index in [1.807, 2.05) is 0 Å². The Kier molecular flexibility index (Phi) is 3.25. The highest BCUT2D eigenvalue weighted by Crippen LogP contribution is 2.63. The summed E-state index contributed by atoms with van der Waals surface area (Å²) in [5, 5.41) is 0. The van der Waals surface area contributed by atoms with Gasteiger partial charge in [-0.15, -0.1) is 23.2 Å². The van der Waals surface area contributed by atoms with E-state index in [2.05, 4.69) is 20.8 Å². The van der Waals surface area contributed by atoms with E-state index < -0.39 is 9.75 Å². The Balaban J connectivity index is 1.99. The van der Waals surface area contributed by atoms with Gasteiger partial charge in [0.2, 0.25) is 11.7 Å². The number of ether oxygens (including phenoxy) is 1. The maximum Gasteiger partial charge on any atom is 0.258 e. The molecule has 1 aromatic heterocycles. The highest BCUT2D eigenvalue weighted by Gasteiger charge is 2.68. The second kappa shape index (κ2) is 4.44. The molecule has 1 aliphatic carbocycles. The Morgan fingerprint density at radius 2 is 2.06 bits per heavy atom. The quantitative estimate of drug-likeness (QED) is 0.649. The van der Waals surface area contributed by atoms with Crippen molar-refractivity contribution in [1.82, 2.24) is 15.4 Å². The predicted molar refractivity (Wildman–Crippen MR) is 67.5 cm³/mol. The van der Waals surface area contributed by atoms with E-state index in [-0.39, 0.29) is 11.8 Å². The van der Waals surface area contributed by atoms with Crippen molar-refractivity contribution in [2.24, 2.45) is 5.41 Å². The Bertz CT molecular complexity index is 483. The maximum absolute atomic E-state index is 11.9. The smallest absolute Gasteiger partial charge is 0.258 e. The van der Waals surface area contributed by atoms with Crippen LogP contribution in [0.15, 0.2) is 12.4 Å². The lowest BCUT2D eigenvalue weighted by Gasteiger charge is -2.14. The number of methoxy groups -OCH3 is 1. The number of anilines is 1. The van der Waals surface area contributed by atoms with Crippen LogP contribution in [0, 0.1) is 5.41 Å². The lowest BCUT2D eigenvalue weighted by atomic mass is 10.1. The van der Waals surface area contributed by atoms with Crippen LogP contribution in [0.3, 0.4) is 0 Å². The van der Waals surface area contributed by atoms with Crippen LogP contribution in [0.2, 0.25) is 0 Å². The van der Waals surface area contributed by atoms with Crippen LogP contribution in [0.25, 0.3) is 0 Å². The summed E-state index contributed by atoms with van der Waals surface area (Å²) in [5.41, 5.74) is 4.33. The lowest BCUT2D eigenvalue weighted by Crippen LogP contribution is -2.37. The van der Waals surface area contributed by atoms with E-state index in [1.165, 1.54) is 19.5 Å². The van der Waals surface area contributed by atoms with Crippen LogP contribution in [0.5, 0.6) is 5.88 Å². The molecular weight excluding hydrogens is 279 g/mol. The van der Waals surface area contributed by atoms with Gasteiger partial charge in [0.05, 0.1) is 12.5 Å². The monoisotopic (exact) mass is 290 g/mol. The van der Waals surface area contributed by atoms with Gasteiger partial charge < -0.3 is 4.74 Å². The van der Waals surface area contributed by atoms with E-state index in [0.29, 0.717) is 12.2 Å². The zero-order valence-electron chi connectivity index (χ0n) is 9.83. The summed E-state index contributed by atoms with van der Waals surface area (Å²) < 4.78 is 3.97. The molecule has 0 saturated heterocycles. The first-order chi connectivity index (χ1) is 8.40. The number of amides is 1. The SMILES string of the molecule is COc1nccnc1NNC(=O)[C@]1(C)CC1(Cl)Cl. The van der Waals surface area contributed by atoms with Crippen molar-refractivity contribution in [3.05, 3.63) is 12.4 Å². The number of carbonyl (C=O) groups excluding carboxylic acids is 1. The normalized spacial score (nSPS) is 24.2. The Labute approximate surface area is 114 Å². The largest absolute Gasteiger partial charge is 0.478 e. The molecule has 1 saturated carbocycles. The molecule has 1 aromatic rings. The molecule has 2 N–H and O–H groups in total. The number of alkyl halides is 2. The minimum Gasteiger partial charge on any atom is -0.478 e. The lowest BCUT2D eigenvalue weighted by molar-refractivity contribution is -0.125. The van der Waals surface area contributed by atoms with Crippen molar-refractivity contribution in [2.45, 2.75) is 17.7 Å². The molecule has 8 heteroatoms.